The van der Waals surface area contributed by atoms with E-state index in [0.29, 0.717) is 0 Å². The summed E-state index contributed by atoms with van der Waals surface area (Å²) in [7, 11) is 0. The van der Waals surface area contributed by atoms with Crippen LogP contribution < -0.4 is 4.90 Å². The second-order valence-electron chi connectivity index (χ2n) is 7.78. The van der Waals surface area contributed by atoms with Gasteiger partial charge in [0.15, 0.2) is 0 Å². The number of rotatable bonds is 2. The van der Waals surface area contributed by atoms with Gasteiger partial charge < -0.3 is 9.80 Å². The number of aromatic nitrogens is 2. The van der Waals surface area contributed by atoms with Crippen molar-refractivity contribution in [2.45, 2.75) is 25.8 Å². The van der Waals surface area contributed by atoms with Gasteiger partial charge in [-0.3, -0.25) is 4.79 Å². The normalized spacial score (nSPS) is 19.5. The monoisotopic (exact) mass is 372 g/mol. The van der Waals surface area contributed by atoms with Gasteiger partial charge in [-0.2, -0.15) is 0 Å². The van der Waals surface area contributed by atoms with Crippen LogP contribution in [-0.2, 0) is 17.8 Å². The van der Waals surface area contributed by atoms with Crippen LogP contribution in [0.25, 0.3) is 10.9 Å². The number of fused-ring (bicyclic) bond motifs is 2. The molecule has 0 aliphatic carbocycles. The van der Waals surface area contributed by atoms with Gasteiger partial charge in [-0.15, -0.1) is 0 Å². The molecule has 0 spiro atoms. The van der Waals surface area contributed by atoms with Crippen LogP contribution in [0.3, 0.4) is 0 Å². The summed E-state index contributed by atoms with van der Waals surface area (Å²) in [6, 6.07) is 16.6. The molecule has 5 nitrogen and oxygen atoms in total. The van der Waals surface area contributed by atoms with Gasteiger partial charge in [-0.05, 0) is 42.5 Å². The zero-order chi connectivity index (χ0) is 18.9. The molecule has 0 N–H and O–H groups in total. The maximum Gasteiger partial charge on any atom is 0.227 e. The number of amides is 1. The van der Waals surface area contributed by atoms with Crippen molar-refractivity contribution in [3.63, 3.8) is 0 Å². The van der Waals surface area contributed by atoms with Crippen molar-refractivity contribution in [1.29, 1.82) is 0 Å². The molecular formula is C23H24N4O. The predicted octanol–water partition coefficient (Wildman–Crippen LogP) is 3.43. The molecule has 1 atom stereocenters. The van der Waals surface area contributed by atoms with E-state index in [9.17, 15) is 4.79 Å². The van der Waals surface area contributed by atoms with E-state index in [1.54, 1.807) is 6.33 Å². The zero-order valence-electron chi connectivity index (χ0n) is 15.9. The smallest absolute Gasteiger partial charge is 0.227 e. The van der Waals surface area contributed by atoms with Crippen LogP contribution in [0.1, 0.15) is 24.0 Å². The van der Waals surface area contributed by atoms with E-state index in [2.05, 4.69) is 50.1 Å². The van der Waals surface area contributed by atoms with Crippen molar-refractivity contribution >= 4 is 22.6 Å². The number of hydrogen-bond acceptors (Lipinski definition) is 4. The first-order chi connectivity index (χ1) is 13.8. The molecule has 1 saturated heterocycles. The number of nitrogens with zero attached hydrogens (tertiary/aromatic N) is 4. The minimum absolute atomic E-state index is 0.0349. The fourth-order valence-corrected chi connectivity index (χ4v) is 4.56. The van der Waals surface area contributed by atoms with Crippen LogP contribution in [0, 0.1) is 5.92 Å². The van der Waals surface area contributed by atoms with Gasteiger partial charge in [-0.1, -0.05) is 36.4 Å². The Morgan fingerprint density at radius 1 is 0.964 bits per heavy atom. The fourth-order valence-electron chi connectivity index (χ4n) is 4.56. The van der Waals surface area contributed by atoms with Crippen molar-refractivity contribution in [2.24, 2.45) is 5.92 Å². The van der Waals surface area contributed by atoms with E-state index in [0.717, 1.165) is 62.2 Å². The van der Waals surface area contributed by atoms with Crippen molar-refractivity contribution in [3.8, 4) is 0 Å². The molecule has 0 bridgehead atoms. The third-order valence-electron chi connectivity index (χ3n) is 6.03. The van der Waals surface area contributed by atoms with E-state index >= 15 is 0 Å². The molecule has 28 heavy (non-hydrogen) atoms. The Bertz CT molecular complexity index is 1010. The number of benzene rings is 2. The van der Waals surface area contributed by atoms with Crippen LogP contribution in [-0.4, -0.2) is 40.4 Å². The first kappa shape index (κ1) is 17.2. The second kappa shape index (κ2) is 7.23. The quantitative estimate of drug-likeness (QED) is 0.692. The molecule has 1 fully saturated rings. The number of para-hydroxylation sites is 1. The fraction of sp³-hybridized carbons (Fsp3) is 0.348. The third kappa shape index (κ3) is 3.11. The summed E-state index contributed by atoms with van der Waals surface area (Å²) in [5.41, 5.74) is 3.62. The Hall–Kier alpha value is -2.95. The lowest BCUT2D eigenvalue weighted by atomic mass is 9.93. The Morgan fingerprint density at radius 2 is 1.79 bits per heavy atom. The van der Waals surface area contributed by atoms with Crippen molar-refractivity contribution in [2.75, 3.05) is 24.5 Å². The van der Waals surface area contributed by atoms with Gasteiger partial charge in [-0.25, -0.2) is 9.97 Å². The first-order valence-corrected chi connectivity index (χ1v) is 10.1. The lowest BCUT2D eigenvalue weighted by molar-refractivity contribution is -0.136. The predicted molar refractivity (Wildman–Crippen MR) is 110 cm³/mol. The van der Waals surface area contributed by atoms with E-state index in [-0.39, 0.29) is 11.8 Å². The van der Waals surface area contributed by atoms with Crippen molar-refractivity contribution < 1.29 is 4.79 Å². The molecule has 2 aliphatic rings. The number of piperidine rings is 1. The lowest BCUT2D eigenvalue weighted by Gasteiger charge is -2.37. The van der Waals surface area contributed by atoms with Crippen LogP contribution in [0.4, 0.5) is 5.82 Å². The van der Waals surface area contributed by atoms with Crippen LogP contribution in [0.2, 0.25) is 0 Å². The van der Waals surface area contributed by atoms with Crippen molar-refractivity contribution in [1.82, 2.24) is 14.9 Å². The maximum atomic E-state index is 13.3. The largest absolute Gasteiger partial charge is 0.355 e. The number of carbonyl (C=O) groups is 1. The molecule has 1 unspecified atom stereocenters. The van der Waals surface area contributed by atoms with Gasteiger partial charge in [0.2, 0.25) is 5.91 Å². The standard InChI is InChI=1S/C23H24N4O/c28-23(27-13-11-17-6-1-2-7-18(17)14-27)19-8-5-12-26(15-19)22-20-9-3-4-10-21(20)24-16-25-22/h1-4,6-7,9-10,16,19H,5,8,11-15H2. The third-order valence-corrected chi connectivity index (χ3v) is 6.03. The molecule has 2 aromatic carbocycles. The molecule has 5 rings (SSSR count). The lowest BCUT2D eigenvalue weighted by Crippen LogP contribution is -2.46. The topological polar surface area (TPSA) is 49.3 Å². The first-order valence-electron chi connectivity index (χ1n) is 10.1. The van der Waals surface area contributed by atoms with E-state index in [1.807, 2.05) is 18.2 Å². The minimum atomic E-state index is 0.0349. The Kier molecular flexibility index (Phi) is 4.43. The molecule has 5 heteroatoms. The maximum absolute atomic E-state index is 13.3. The van der Waals surface area contributed by atoms with Gasteiger partial charge in [0.05, 0.1) is 11.4 Å². The van der Waals surface area contributed by atoms with Gasteiger partial charge in [0.1, 0.15) is 12.1 Å². The summed E-state index contributed by atoms with van der Waals surface area (Å²) >= 11 is 0. The molecule has 2 aliphatic heterocycles. The number of carbonyl (C=O) groups excluding carboxylic acids is 1. The van der Waals surface area contributed by atoms with E-state index in [1.165, 1.54) is 11.1 Å². The summed E-state index contributed by atoms with van der Waals surface area (Å²) in [6.07, 6.45) is 4.55. The summed E-state index contributed by atoms with van der Waals surface area (Å²) in [6.45, 7) is 3.23. The molecule has 3 heterocycles. The zero-order valence-corrected chi connectivity index (χ0v) is 15.9. The Balaban J connectivity index is 1.35. The van der Waals surface area contributed by atoms with Gasteiger partial charge in [0.25, 0.3) is 0 Å². The average molecular weight is 372 g/mol. The summed E-state index contributed by atoms with van der Waals surface area (Å²) in [5, 5.41) is 1.06. The van der Waals surface area contributed by atoms with Gasteiger partial charge in [0, 0.05) is 31.6 Å². The SMILES string of the molecule is O=C(C1CCCN(c2ncnc3ccccc23)C1)N1CCc2ccccc2C1. The van der Waals surface area contributed by atoms with Crippen LogP contribution in [0.15, 0.2) is 54.9 Å². The molecule has 0 saturated carbocycles. The second-order valence-corrected chi connectivity index (χ2v) is 7.78. The molecule has 3 aromatic rings. The summed E-state index contributed by atoms with van der Waals surface area (Å²) < 4.78 is 0. The van der Waals surface area contributed by atoms with Crippen LogP contribution in [0.5, 0.6) is 0 Å². The molecular weight excluding hydrogens is 348 g/mol. The number of anilines is 1. The van der Waals surface area contributed by atoms with E-state index in [4.69, 9.17) is 0 Å². The minimum Gasteiger partial charge on any atom is -0.355 e. The highest BCUT2D eigenvalue weighted by molar-refractivity contribution is 5.89. The highest BCUT2D eigenvalue weighted by Gasteiger charge is 2.31. The molecule has 142 valence electrons. The average Bonchev–Trinajstić information content (AvgIpc) is 2.78. The highest BCUT2D eigenvalue weighted by Crippen LogP contribution is 2.29. The number of hydrogen-bond donors (Lipinski definition) is 0. The van der Waals surface area contributed by atoms with E-state index < -0.39 is 0 Å². The highest BCUT2D eigenvalue weighted by atomic mass is 16.2. The van der Waals surface area contributed by atoms with Crippen molar-refractivity contribution in [3.05, 3.63) is 66.0 Å². The molecule has 0 radical (unpaired) electrons. The summed E-state index contributed by atoms with van der Waals surface area (Å²) in [5.74, 6) is 1.28. The van der Waals surface area contributed by atoms with Gasteiger partial charge >= 0.3 is 0 Å². The Morgan fingerprint density at radius 3 is 2.71 bits per heavy atom. The Labute approximate surface area is 165 Å². The molecule has 1 aromatic heterocycles. The summed E-state index contributed by atoms with van der Waals surface area (Å²) in [4.78, 5) is 26.5. The van der Waals surface area contributed by atoms with Crippen LogP contribution >= 0.6 is 0 Å². The molecule has 1 amide bonds.